The zero-order valence-electron chi connectivity index (χ0n) is 11.8. The fourth-order valence-corrected chi connectivity index (χ4v) is 1.92. The standard InChI is InChI=1S/C14H13N5O3/c1-10-8-13(19(21)22)17-18(10)7-6-14(20)16-12-5-3-2-4-11(12)9-15/h2-5,8H,6-7H2,1H3,(H,16,20). The number of para-hydroxylation sites is 1. The van der Waals surface area contributed by atoms with Crippen molar-refractivity contribution >= 4 is 17.4 Å². The third-order valence-electron chi connectivity index (χ3n) is 3.03. The minimum Gasteiger partial charge on any atom is -0.358 e. The van der Waals surface area contributed by atoms with Gasteiger partial charge in [0, 0.05) is 6.42 Å². The maximum atomic E-state index is 11.9. The highest BCUT2D eigenvalue weighted by atomic mass is 16.6. The normalized spacial score (nSPS) is 10.0. The maximum Gasteiger partial charge on any atom is 0.390 e. The molecular formula is C14H13N5O3. The van der Waals surface area contributed by atoms with Crippen LogP contribution in [-0.4, -0.2) is 20.6 Å². The molecule has 0 saturated heterocycles. The predicted molar refractivity (Wildman–Crippen MR) is 78.0 cm³/mol. The first-order valence-electron chi connectivity index (χ1n) is 6.49. The number of nitrogens with one attached hydrogen (secondary N) is 1. The lowest BCUT2D eigenvalue weighted by molar-refractivity contribution is -0.389. The molecule has 0 spiro atoms. The third kappa shape index (κ3) is 3.46. The zero-order chi connectivity index (χ0) is 16.1. The Morgan fingerprint density at radius 2 is 2.23 bits per heavy atom. The number of rotatable bonds is 5. The molecule has 112 valence electrons. The van der Waals surface area contributed by atoms with Crippen molar-refractivity contribution < 1.29 is 9.72 Å². The Balaban J connectivity index is 1.99. The number of hydrogen-bond acceptors (Lipinski definition) is 5. The second-order valence-electron chi connectivity index (χ2n) is 4.58. The topological polar surface area (TPSA) is 114 Å². The molecule has 0 aliphatic heterocycles. The van der Waals surface area contributed by atoms with Crippen molar-refractivity contribution in [3.8, 4) is 6.07 Å². The van der Waals surface area contributed by atoms with E-state index in [-0.39, 0.29) is 24.7 Å². The van der Waals surface area contributed by atoms with Gasteiger partial charge >= 0.3 is 5.82 Å². The molecule has 1 amide bonds. The minimum absolute atomic E-state index is 0.0967. The monoisotopic (exact) mass is 299 g/mol. The van der Waals surface area contributed by atoms with Crippen LogP contribution in [0.1, 0.15) is 17.7 Å². The molecule has 1 aromatic heterocycles. The number of carbonyl (C=O) groups excluding carboxylic acids is 1. The van der Waals surface area contributed by atoms with Gasteiger partial charge in [-0.15, -0.1) is 0 Å². The summed E-state index contributed by atoms with van der Waals surface area (Å²) in [6.07, 6.45) is 0.0967. The molecule has 0 bridgehead atoms. The highest BCUT2D eigenvalue weighted by Gasteiger charge is 2.16. The van der Waals surface area contributed by atoms with Gasteiger partial charge in [-0.05, 0) is 24.0 Å². The summed E-state index contributed by atoms with van der Waals surface area (Å²) in [5.41, 5.74) is 1.43. The van der Waals surface area contributed by atoms with Crippen LogP contribution in [0.15, 0.2) is 30.3 Å². The summed E-state index contributed by atoms with van der Waals surface area (Å²) in [4.78, 5) is 22.0. The number of nitro groups is 1. The van der Waals surface area contributed by atoms with E-state index in [2.05, 4.69) is 10.4 Å². The number of nitriles is 1. The number of aromatic nitrogens is 2. The maximum absolute atomic E-state index is 11.9. The molecule has 1 heterocycles. The number of carbonyl (C=O) groups is 1. The zero-order valence-corrected chi connectivity index (χ0v) is 11.8. The van der Waals surface area contributed by atoms with Gasteiger partial charge in [0.2, 0.25) is 5.91 Å². The molecular weight excluding hydrogens is 286 g/mol. The molecule has 1 aromatic carbocycles. The van der Waals surface area contributed by atoms with Crippen LogP contribution in [-0.2, 0) is 11.3 Å². The van der Waals surface area contributed by atoms with Gasteiger partial charge in [0.15, 0.2) is 0 Å². The van der Waals surface area contributed by atoms with Crippen LogP contribution >= 0.6 is 0 Å². The Morgan fingerprint density at radius 3 is 2.86 bits per heavy atom. The van der Waals surface area contributed by atoms with Crippen molar-refractivity contribution in [1.82, 2.24) is 9.78 Å². The van der Waals surface area contributed by atoms with Gasteiger partial charge in [-0.2, -0.15) is 9.94 Å². The number of aryl methyl sites for hydroxylation is 2. The van der Waals surface area contributed by atoms with Gasteiger partial charge < -0.3 is 15.4 Å². The Hall–Kier alpha value is -3.21. The van der Waals surface area contributed by atoms with Crippen molar-refractivity contribution in [3.05, 3.63) is 51.7 Å². The summed E-state index contributed by atoms with van der Waals surface area (Å²) < 4.78 is 1.41. The Bertz CT molecular complexity index is 760. The van der Waals surface area contributed by atoms with E-state index in [4.69, 9.17) is 5.26 Å². The molecule has 22 heavy (non-hydrogen) atoms. The summed E-state index contributed by atoms with van der Waals surface area (Å²) in [7, 11) is 0. The van der Waals surface area contributed by atoms with E-state index in [0.29, 0.717) is 16.9 Å². The van der Waals surface area contributed by atoms with Crippen LogP contribution in [0.3, 0.4) is 0 Å². The molecule has 0 aliphatic rings. The van der Waals surface area contributed by atoms with Crippen molar-refractivity contribution in [2.45, 2.75) is 19.9 Å². The van der Waals surface area contributed by atoms with E-state index < -0.39 is 4.92 Å². The molecule has 1 N–H and O–H groups in total. The second kappa shape index (κ2) is 6.49. The fraction of sp³-hybridized carbons (Fsp3) is 0.214. The van der Waals surface area contributed by atoms with E-state index in [9.17, 15) is 14.9 Å². The average Bonchev–Trinajstić information content (AvgIpc) is 2.87. The molecule has 0 radical (unpaired) electrons. The lowest BCUT2D eigenvalue weighted by Gasteiger charge is -2.06. The van der Waals surface area contributed by atoms with Crippen molar-refractivity contribution in [1.29, 1.82) is 5.26 Å². The highest BCUT2D eigenvalue weighted by molar-refractivity contribution is 5.92. The highest BCUT2D eigenvalue weighted by Crippen LogP contribution is 2.14. The molecule has 0 fully saturated rings. The number of benzene rings is 1. The Labute approximate surface area is 126 Å². The van der Waals surface area contributed by atoms with E-state index in [0.717, 1.165) is 0 Å². The smallest absolute Gasteiger partial charge is 0.358 e. The number of nitrogens with zero attached hydrogens (tertiary/aromatic N) is 4. The van der Waals surface area contributed by atoms with Crippen molar-refractivity contribution in [3.63, 3.8) is 0 Å². The van der Waals surface area contributed by atoms with Crippen molar-refractivity contribution in [2.75, 3.05) is 5.32 Å². The van der Waals surface area contributed by atoms with E-state index in [1.54, 1.807) is 31.2 Å². The molecule has 0 saturated carbocycles. The fourth-order valence-electron chi connectivity index (χ4n) is 1.92. The third-order valence-corrected chi connectivity index (χ3v) is 3.03. The Morgan fingerprint density at radius 1 is 1.50 bits per heavy atom. The quantitative estimate of drug-likeness (QED) is 0.670. The SMILES string of the molecule is Cc1cc([N+](=O)[O-])nn1CCC(=O)Nc1ccccc1C#N. The molecule has 2 aromatic rings. The van der Waals surface area contributed by atoms with E-state index in [1.165, 1.54) is 10.7 Å². The first-order valence-corrected chi connectivity index (χ1v) is 6.49. The first-order chi connectivity index (χ1) is 10.5. The number of hydrogen-bond donors (Lipinski definition) is 1. The van der Waals surface area contributed by atoms with Gasteiger partial charge in [-0.1, -0.05) is 12.1 Å². The van der Waals surface area contributed by atoms with Crippen LogP contribution in [0.4, 0.5) is 11.5 Å². The summed E-state index contributed by atoms with van der Waals surface area (Å²) in [6.45, 7) is 1.91. The molecule has 0 atom stereocenters. The van der Waals surface area contributed by atoms with E-state index in [1.807, 2.05) is 6.07 Å². The summed E-state index contributed by atoms with van der Waals surface area (Å²) in [6, 6.07) is 10.0. The van der Waals surface area contributed by atoms with Crippen LogP contribution in [0.5, 0.6) is 0 Å². The number of anilines is 1. The van der Waals surface area contributed by atoms with Crippen LogP contribution in [0, 0.1) is 28.4 Å². The number of amides is 1. The van der Waals surface area contributed by atoms with Crippen LogP contribution in [0.2, 0.25) is 0 Å². The van der Waals surface area contributed by atoms with Gasteiger partial charge in [-0.25, -0.2) is 0 Å². The van der Waals surface area contributed by atoms with Gasteiger partial charge in [0.05, 0.1) is 34.7 Å². The minimum atomic E-state index is -0.577. The van der Waals surface area contributed by atoms with E-state index >= 15 is 0 Å². The van der Waals surface area contributed by atoms with Crippen LogP contribution in [0.25, 0.3) is 0 Å². The Kier molecular flexibility index (Phi) is 4.48. The largest absolute Gasteiger partial charge is 0.390 e. The molecule has 8 nitrogen and oxygen atoms in total. The van der Waals surface area contributed by atoms with Gasteiger partial charge in [0.1, 0.15) is 6.07 Å². The summed E-state index contributed by atoms with van der Waals surface area (Å²) in [5, 5.41) is 26.0. The second-order valence-corrected chi connectivity index (χ2v) is 4.58. The molecule has 8 heteroatoms. The molecule has 0 unspecified atom stereocenters. The van der Waals surface area contributed by atoms with Crippen molar-refractivity contribution in [2.24, 2.45) is 0 Å². The summed E-state index contributed by atoms with van der Waals surface area (Å²) in [5.74, 6) is -0.534. The lowest BCUT2D eigenvalue weighted by atomic mass is 10.2. The lowest BCUT2D eigenvalue weighted by Crippen LogP contribution is -2.16. The van der Waals surface area contributed by atoms with Gasteiger partial charge in [-0.3, -0.25) is 4.79 Å². The van der Waals surface area contributed by atoms with Gasteiger partial charge in [0.25, 0.3) is 0 Å². The summed E-state index contributed by atoms with van der Waals surface area (Å²) >= 11 is 0. The predicted octanol–water partition coefficient (Wildman–Crippen LogP) is 2.00. The first kappa shape index (κ1) is 15.2. The molecule has 2 rings (SSSR count). The van der Waals surface area contributed by atoms with Crippen LogP contribution < -0.4 is 5.32 Å². The molecule has 0 aliphatic carbocycles. The average molecular weight is 299 g/mol.